The maximum absolute atomic E-state index is 11.6. The van der Waals surface area contributed by atoms with Crippen molar-refractivity contribution >= 4 is 5.97 Å². The molecular formula is C35H66O6. The number of cyclic esters (lactones) is 1. The van der Waals surface area contributed by atoms with Crippen LogP contribution in [0.3, 0.4) is 0 Å². The van der Waals surface area contributed by atoms with E-state index in [1.165, 1.54) is 77.0 Å². The number of carbonyl (C=O) groups excluding carboxylic acids is 1. The summed E-state index contributed by atoms with van der Waals surface area (Å²) in [6, 6.07) is 0. The summed E-state index contributed by atoms with van der Waals surface area (Å²) in [5.41, 5.74) is 0.577. The van der Waals surface area contributed by atoms with Crippen molar-refractivity contribution in [2.75, 3.05) is 0 Å². The predicted molar refractivity (Wildman–Crippen MR) is 169 cm³/mol. The van der Waals surface area contributed by atoms with Gasteiger partial charge in [0, 0.05) is 12.0 Å². The van der Waals surface area contributed by atoms with Crippen molar-refractivity contribution in [1.29, 1.82) is 0 Å². The lowest BCUT2D eigenvalue weighted by molar-refractivity contribution is -0.139. The lowest BCUT2D eigenvalue weighted by atomic mass is 9.98. The molecule has 0 aromatic rings. The van der Waals surface area contributed by atoms with Crippen LogP contribution in [-0.4, -0.2) is 56.9 Å². The van der Waals surface area contributed by atoms with Crippen LogP contribution in [0.1, 0.15) is 174 Å². The maximum atomic E-state index is 11.6. The largest absolute Gasteiger partial charge is 0.455 e. The Kier molecular flexibility index (Phi) is 23.7. The Bertz CT molecular complexity index is 651. The zero-order chi connectivity index (χ0) is 30.1. The summed E-state index contributed by atoms with van der Waals surface area (Å²) >= 11 is 0. The number of rotatable bonds is 29. The quantitative estimate of drug-likeness (QED) is 0.0525. The van der Waals surface area contributed by atoms with E-state index in [-0.39, 0.29) is 18.2 Å². The van der Waals surface area contributed by atoms with Crippen molar-refractivity contribution in [2.24, 2.45) is 0 Å². The number of aliphatic hydroxyl groups excluding tert-OH is 4. The van der Waals surface area contributed by atoms with Crippen LogP contribution in [-0.2, 0) is 9.53 Å². The molecule has 0 aromatic heterocycles. The van der Waals surface area contributed by atoms with E-state index in [4.69, 9.17) is 4.74 Å². The van der Waals surface area contributed by atoms with Gasteiger partial charge in [-0.2, -0.15) is 0 Å². The fourth-order valence-electron chi connectivity index (χ4n) is 5.88. The van der Waals surface area contributed by atoms with Crippen molar-refractivity contribution in [1.82, 2.24) is 0 Å². The zero-order valence-corrected chi connectivity index (χ0v) is 26.7. The van der Waals surface area contributed by atoms with Gasteiger partial charge in [-0.1, -0.05) is 129 Å². The van der Waals surface area contributed by atoms with E-state index < -0.39 is 18.3 Å². The van der Waals surface area contributed by atoms with Crippen LogP contribution in [0.25, 0.3) is 0 Å². The number of esters is 1. The molecule has 0 aromatic carbocycles. The van der Waals surface area contributed by atoms with Gasteiger partial charge in [0.15, 0.2) is 0 Å². The lowest BCUT2D eigenvalue weighted by Crippen LogP contribution is -2.25. The third-order valence-corrected chi connectivity index (χ3v) is 8.61. The molecule has 1 aliphatic heterocycles. The van der Waals surface area contributed by atoms with Crippen LogP contribution >= 0.6 is 0 Å². The number of ether oxygens (including phenoxy) is 1. The minimum absolute atomic E-state index is 0.196. The molecule has 0 saturated heterocycles. The Hall–Kier alpha value is -0.950. The smallest absolute Gasteiger partial charge is 0.334 e. The average Bonchev–Trinajstić information content (AvgIpc) is 3.26. The van der Waals surface area contributed by atoms with Crippen LogP contribution in [0.5, 0.6) is 0 Å². The van der Waals surface area contributed by atoms with Crippen LogP contribution in [0.2, 0.25) is 0 Å². The number of hydrogen-bond acceptors (Lipinski definition) is 6. The monoisotopic (exact) mass is 582 g/mol. The summed E-state index contributed by atoms with van der Waals surface area (Å²) in [7, 11) is 0. The van der Waals surface area contributed by atoms with Crippen molar-refractivity contribution in [2.45, 2.75) is 205 Å². The van der Waals surface area contributed by atoms with E-state index in [0.29, 0.717) is 31.3 Å². The standard InChI is InChI=1S/C35H66O6/c1-3-4-5-6-7-8-9-10-11-12-13-14-15-19-25-33(38)34(39)26-21-20-23-31(36)22-17-16-18-24-32(37)28-30-27-29(2)41-35(30)40/h27,29,31-34,36-39H,3-26,28H2,1-2H3/t29?,31?,32-,33-,34-/m1/s1. The van der Waals surface area contributed by atoms with Gasteiger partial charge in [0.1, 0.15) is 6.10 Å². The van der Waals surface area contributed by atoms with E-state index in [2.05, 4.69) is 6.92 Å². The summed E-state index contributed by atoms with van der Waals surface area (Å²) in [6.07, 6.45) is 26.0. The van der Waals surface area contributed by atoms with E-state index in [1.807, 2.05) is 6.92 Å². The second-order valence-electron chi connectivity index (χ2n) is 12.8. The van der Waals surface area contributed by atoms with Crippen molar-refractivity contribution in [3.8, 4) is 0 Å². The lowest BCUT2D eigenvalue weighted by Gasteiger charge is -2.18. The zero-order valence-electron chi connectivity index (χ0n) is 26.7. The maximum Gasteiger partial charge on any atom is 0.334 e. The molecule has 242 valence electrons. The SMILES string of the molecule is CCCCCCCCCCCCCCCC[C@@H](O)[C@H](O)CCCCC(O)CCCCC[C@@H](O)CC1=CC(C)OC1=O. The van der Waals surface area contributed by atoms with Gasteiger partial charge in [-0.05, 0) is 45.1 Å². The minimum atomic E-state index is -0.661. The van der Waals surface area contributed by atoms with Crippen molar-refractivity contribution in [3.05, 3.63) is 11.6 Å². The molecule has 0 aliphatic carbocycles. The fraction of sp³-hybridized carbons (Fsp3) is 0.914. The normalized spacial score (nSPS) is 18.2. The van der Waals surface area contributed by atoms with E-state index in [1.54, 1.807) is 6.08 Å². The van der Waals surface area contributed by atoms with Gasteiger partial charge >= 0.3 is 5.97 Å². The summed E-state index contributed by atoms with van der Waals surface area (Å²) in [5.74, 6) is -0.313. The van der Waals surface area contributed by atoms with Gasteiger partial charge in [-0.15, -0.1) is 0 Å². The molecule has 0 saturated carbocycles. The number of aliphatic hydroxyl groups is 4. The third kappa shape index (κ3) is 21.4. The first-order valence-electron chi connectivity index (χ1n) is 17.5. The summed E-state index contributed by atoms with van der Waals surface area (Å²) in [4.78, 5) is 11.6. The van der Waals surface area contributed by atoms with Gasteiger partial charge in [0.2, 0.25) is 0 Å². The van der Waals surface area contributed by atoms with E-state index >= 15 is 0 Å². The molecule has 6 nitrogen and oxygen atoms in total. The topological polar surface area (TPSA) is 107 Å². The highest BCUT2D eigenvalue weighted by Crippen LogP contribution is 2.21. The Balaban J connectivity index is 1.88. The average molecular weight is 583 g/mol. The number of hydrogen-bond donors (Lipinski definition) is 4. The molecule has 0 spiro atoms. The molecule has 4 N–H and O–H groups in total. The molecule has 0 radical (unpaired) electrons. The second-order valence-corrected chi connectivity index (χ2v) is 12.8. The molecule has 6 heteroatoms. The summed E-state index contributed by atoms with van der Waals surface area (Å²) in [5, 5.41) is 41.0. The second kappa shape index (κ2) is 25.5. The molecular weight excluding hydrogens is 516 g/mol. The van der Waals surface area contributed by atoms with Gasteiger partial charge < -0.3 is 25.2 Å². The fourth-order valence-corrected chi connectivity index (χ4v) is 5.88. The summed E-state index contributed by atoms with van der Waals surface area (Å²) < 4.78 is 5.06. The summed E-state index contributed by atoms with van der Waals surface area (Å²) in [6.45, 7) is 4.08. The van der Waals surface area contributed by atoms with Gasteiger partial charge in [0.25, 0.3) is 0 Å². The van der Waals surface area contributed by atoms with Gasteiger partial charge in [0.05, 0.1) is 24.4 Å². The van der Waals surface area contributed by atoms with Crippen molar-refractivity contribution < 1.29 is 30.0 Å². The molecule has 5 atom stereocenters. The Morgan fingerprint density at radius 3 is 1.41 bits per heavy atom. The molecule has 41 heavy (non-hydrogen) atoms. The predicted octanol–water partition coefficient (Wildman–Crippen LogP) is 8.07. The van der Waals surface area contributed by atoms with E-state index in [0.717, 1.165) is 57.8 Å². The molecule has 0 amide bonds. The molecule has 0 bridgehead atoms. The van der Waals surface area contributed by atoms with Crippen LogP contribution in [0, 0.1) is 0 Å². The highest BCUT2D eigenvalue weighted by Gasteiger charge is 2.24. The number of unbranched alkanes of at least 4 members (excludes halogenated alkanes) is 16. The molecule has 1 rings (SSSR count). The highest BCUT2D eigenvalue weighted by molar-refractivity contribution is 5.90. The van der Waals surface area contributed by atoms with Gasteiger partial charge in [-0.25, -0.2) is 4.79 Å². The Morgan fingerprint density at radius 2 is 0.951 bits per heavy atom. The number of carbonyl (C=O) groups is 1. The van der Waals surface area contributed by atoms with E-state index in [9.17, 15) is 25.2 Å². The van der Waals surface area contributed by atoms with Crippen molar-refractivity contribution in [3.63, 3.8) is 0 Å². The Morgan fingerprint density at radius 1 is 0.585 bits per heavy atom. The molecule has 1 aliphatic rings. The molecule has 1 heterocycles. The molecule has 2 unspecified atom stereocenters. The third-order valence-electron chi connectivity index (χ3n) is 8.61. The van der Waals surface area contributed by atoms with Crippen LogP contribution in [0.4, 0.5) is 0 Å². The first kappa shape index (κ1) is 38.1. The van der Waals surface area contributed by atoms with Gasteiger partial charge in [-0.3, -0.25) is 0 Å². The minimum Gasteiger partial charge on any atom is -0.455 e. The molecule has 0 fully saturated rings. The highest BCUT2D eigenvalue weighted by atomic mass is 16.5. The Labute approximate surface area is 252 Å². The van der Waals surface area contributed by atoms with Crippen LogP contribution < -0.4 is 0 Å². The first-order chi connectivity index (χ1) is 19.8. The van der Waals surface area contributed by atoms with Crippen LogP contribution in [0.15, 0.2) is 11.6 Å². The first-order valence-corrected chi connectivity index (χ1v) is 17.5.